The van der Waals surface area contributed by atoms with E-state index >= 15 is 0 Å². The van der Waals surface area contributed by atoms with Crippen molar-refractivity contribution in [2.45, 2.75) is 6.92 Å². The molecule has 1 heterocycles. The quantitative estimate of drug-likeness (QED) is 0.429. The second-order valence-electron chi connectivity index (χ2n) is 5.90. The lowest BCUT2D eigenvalue weighted by molar-refractivity contribution is -0.117. The molecule has 1 aliphatic rings. The van der Waals surface area contributed by atoms with Crippen molar-refractivity contribution in [2.75, 3.05) is 18.2 Å². The molecule has 29 heavy (non-hydrogen) atoms. The Labute approximate surface area is 178 Å². The van der Waals surface area contributed by atoms with E-state index in [0.29, 0.717) is 39.4 Å². The maximum atomic E-state index is 12.8. The summed E-state index contributed by atoms with van der Waals surface area (Å²) in [6.07, 6.45) is 6.69. The van der Waals surface area contributed by atoms with Crippen LogP contribution < -0.4 is 19.9 Å². The number of carbonyl (C=O) groups excluding carboxylic acids is 2. The normalized spacial score (nSPS) is 14.7. The molecular formula is C21H16Cl2N2O4. The van der Waals surface area contributed by atoms with Gasteiger partial charge >= 0.3 is 0 Å². The lowest BCUT2D eigenvalue weighted by atomic mass is 10.1. The van der Waals surface area contributed by atoms with Crippen LogP contribution in [-0.4, -0.2) is 25.0 Å². The number of ether oxygens (including phenoxy) is 2. The molecule has 6 nitrogen and oxygen atoms in total. The highest BCUT2D eigenvalue weighted by molar-refractivity contribution is 6.36. The zero-order valence-electron chi connectivity index (χ0n) is 15.4. The Bertz CT molecular complexity index is 1020. The third-order valence-corrected chi connectivity index (χ3v) is 4.32. The van der Waals surface area contributed by atoms with Gasteiger partial charge in [0, 0.05) is 10.0 Å². The van der Waals surface area contributed by atoms with Crippen LogP contribution in [0.5, 0.6) is 11.5 Å². The number of terminal acetylenes is 1. The molecule has 0 atom stereocenters. The molecule has 1 N–H and O–H groups in total. The topological polar surface area (TPSA) is 67.9 Å². The second kappa shape index (κ2) is 8.91. The van der Waals surface area contributed by atoms with Crippen LogP contribution in [0.1, 0.15) is 12.5 Å². The van der Waals surface area contributed by atoms with Crippen LogP contribution in [0.3, 0.4) is 0 Å². The molecule has 0 spiro atoms. The highest BCUT2D eigenvalue weighted by Crippen LogP contribution is 2.31. The molecule has 1 aliphatic heterocycles. The van der Waals surface area contributed by atoms with Crippen molar-refractivity contribution in [1.82, 2.24) is 5.43 Å². The predicted octanol–water partition coefficient (Wildman–Crippen LogP) is 3.87. The number of hydrogen-bond acceptors (Lipinski definition) is 4. The monoisotopic (exact) mass is 430 g/mol. The molecule has 148 valence electrons. The summed E-state index contributed by atoms with van der Waals surface area (Å²) in [5.41, 5.74) is 3.41. The first-order chi connectivity index (χ1) is 13.9. The van der Waals surface area contributed by atoms with E-state index < -0.39 is 11.8 Å². The number of nitrogens with zero attached hydrogens (tertiary/aromatic N) is 1. The number of benzene rings is 2. The summed E-state index contributed by atoms with van der Waals surface area (Å²) in [7, 11) is 0. The Hall–Kier alpha value is -3.14. The molecule has 2 aromatic carbocycles. The molecule has 0 aromatic heterocycles. The van der Waals surface area contributed by atoms with Crippen molar-refractivity contribution in [1.29, 1.82) is 0 Å². The first kappa shape index (κ1) is 20.6. The van der Waals surface area contributed by atoms with Gasteiger partial charge in [0.15, 0.2) is 11.5 Å². The van der Waals surface area contributed by atoms with E-state index in [4.69, 9.17) is 39.1 Å². The van der Waals surface area contributed by atoms with Crippen molar-refractivity contribution in [3.8, 4) is 23.8 Å². The standard InChI is InChI=1S/C21H16Cl2N2O4/c1-3-7-29-18-6-5-13(9-19(18)28-4-2)8-17-20(26)24-25(21(17)27)16-11-14(22)10-15(23)12-16/h1,5-6,8-12H,4,7H2,2H3,(H,24,26)/b17-8+. The number of amides is 2. The summed E-state index contributed by atoms with van der Waals surface area (Å²) >= 11 is 12.0. The average molecular weight is 431 g/mol. The Balaban J connectivity index is 1.91. The van der Waals surface area contributed by atoms with Crippen molar-refractivity contribution in [3.63, 3.8) is 0 Å². The number of carbonyl (C=O) groups is 2. The van der Waals surface area contributed by atoms with Gasteiger partial charge in [-0.05, 0) is 48.9 Å². The third-order valence-electron chi connectivity index (χ3n) is 3.89. The van der Waals surface area contributed by atoms with Gasteiger partial charge < -0.3 is 9.47 Å². The number of hydrogen-bond donors (Lipinski definition) is 1. The first-order valence-corrected chi connectivity index (χ1v) is 9.35. The number of anilines is 1. The van der Waals surface area contributed by atoms with Gasteiger partial charge in [-0.25, -0.2) is 5.01 Å². The third kappa shape index (κ3) is 4.65. The Kier molecular flexibility index (Phi) is 6.32. The maximum Gasteiger partial charge on any atom is 0.282 e. The molecule has 0 unspecified atom stereocenters. The highest BCUT2D eigenvalue weighted by Gasteiger charge is 2.34. The molecule has 1 fully saturated rings. The zero-order chi connectivity index (χ0) is 21.0. The molecule has 8 heteroatoms. The first-order valence-electron chi connectivity index (χ1n) is 8.59. The van der Waals surface area contributed by atoms with Crippen LogP contribution in [0.2, 0.25) is 10.0 Å². The number of nitrogens with one attached hydrogen (secondary N) is 1. The molecule has 2 amide bonds. The smallest absolute Gasteiger partial charge is 0.282 e. The minimum absolute atomic E-state index is 0.0409. The molecule has 0 aliphatic carbocycles. The average Bonchev–Trinajstić information content (AvgIpc) is 2.95. The van der Waals surface area contributed by atoms with Gasteiger partial charge in [-0.15, -0.1) is 6.42 Å². The predicted molar refractivity (Wildman–Crippen MR) is 112 cm³/mol. The SMILES string of the molecule is C#CCOc1ccc(/C=C2\C(=O)NN(c3cc(Cl)cc(Cl)c3)C2=O)cc1OCC. The van der Waals surface area contributed by atoms with Crippen LogP contribution in [0.4, 0.5) is 5.69 Å². The van der Waals surface area contributed by atoms with Crippen LogP contribution in [0.25, 0.3) is 6.08 Å². The summed E-state index contributed by atoms with van der Waals surface area (Å²) in [6.45, 7) is 2.34. The molecule has 1 saturated heterocycles. The minimum atomic E-state index is -0.545. The molecule has 2 aromatic rings. The zero-order valence-corrected chi connectivity index (χ0v) is 16.9. The van der Waals surface area contributed by atoms with Gasteiger partial charge in [-0.2, -0.15) is 0 Å². The van der Waals surface area contributed by atoms with E-state index in [1.165, 1.54) is 24.3 Å². The summed E-state index contributed by atoms with van der Waals surface area (Å²) in [5.74, 6) is 2.25. The number of halogens is 2. The number of rotatable bonds is 6. The molecule has 0 bridgehead atoms. The maximum absolute atomic E-state index is 12.8. The van der Waals surface area contributed by atoms with Crippen LogP contribution >= 0.6 is 23.2 Å². The van der Waals surface area contributed by atoms with Gasteiger partial charge in [0.25, 0.3) is 11.8 Å². The molecular weight excluding hydrogens is 415 g/mol. The van der Waals surface area contributed by atoms with E-state index in [-0.39, 0.29) is 12.2 Å². The van der Waals surface area contributed by atoms with Gasteiger partial charge in [0.2, 0.25) is 0 Å². The highest BCUT2D eigenvalue weighted by atomic mass is 35.5. The fourth-order valence-electron chi connectivity index (χ4n) is 2.70. The van der Waals surface area contributed by atoms with E-state index in [9.17, 15) is 9.59 Å². The van der Waals surface area contributed by atoms with Crippen molar-refractivity contribution < 1.29 is 19.1 Å². The van der Waals surface area contributed by atoms with Gasteiger partial charge in [0.1, 0.15) is 12.2 Å². The van der Waals surface area contributed by atoms with E-state index in [1.54, 1.807) is 18.2 Å². The summed E-state index contributed by atoms with van der Waals surface area (Å²) in [4.78, 5) is 25.1. The lowest BCUT2D eigenvalue weighted by Gasteiger charge is -2.15. The molecule has 3 rings (SSSR count). The largest absolute Gasteiger partial charge is 0.490 e. The van der Waals surface area contributed by atoms with Crippen molar-refractivity contribution >= 4 is 46.8 Å². The molecule has 0 radical (unpaired) electrons. The Morgan fingerprint density at radius 3 is 2.48 bits per heavy atom. The van der Waals surface area contributed by atoms with E-state index in [2.05, 4.69) is 11.3 Å². The van der Waals surface area contributed by atoms with Crippen LogP contribution in [0.15, 0.2) is 42.0 Å². The summed E-state index contributed by atoms with van der Waals surface area (Å²) < 4.78 is 11.0. The number of hydrazine groups is 1. The van der Waals surface area contributed by atoms with Gasteiger partial charge in [0.05, 0.1) is 12.3 Å². The second-order valence-corrected chi connectivity index (χ2v) is 6.77. The van der Waals surface area contributed by atoms with Crippen LogP contribution in [0, 0.1) is 12.3 Å². The van der Waals surface area contributed by atoms with Crippen molar-refractivity contribution in [3.05, 3.63) is 57.6 Å². The van der Waals surface area contributed by atoms with Crippen LogP contribution in [-0.2, 0) is 9.59 Å². The molecule has 0 saturated carbocycles. The minimum Gasteiger partial charge on any atom is -0.490 e. The fraction of sp³-hybridized carbons (Fsp3) is 0.143. The summed E-state index contributed by atoms with van der Waals surface area (Å²) in [5, 5.41) is 1.78. The summed E-state index contributed by atoms with van der Waals surface area (Å²) in [6, 6.07) is 9.62. The Morgan fingerprint density at radius 2 is 1.83 bits per heavy atom. The van der Waals surface area contributed by atoms with E-state index in [0.717, 1.165) is 5.01 Å². The van der Waals surface area contributed by atoms with Gasteiger partial charge in [-0.3, -0.25) is 15.0 Å². The van der Waals surface area contributed by atoms with E-state index in [1.807, 2.05) is 6.92 Å². The lowest BCUT2D eigenvalue weighted by Crippen LogP contribution is -2.35. The van der Waals surface area contributed by atoms with Crippen molar-refractivity contribution in [2.24, 2.45) is 0 Å². The fourth-order valence-corrected chi connectivity index (χ4v) is 3.21. The van der Waals surface area contributed by atoms with Gasteiger partial charge in [-0.1, -0.05) is 35.2 Å². The Morgan fingerprint density at radius 1 is 1.10 bits per heavy atom.